The van der Waals surface area contributed by atoms with Crippen LogP contribution in [0.4, 0.5) is 0 Å². The molecule has 0 saturated carbocycles. The summed E-state index contributed by atoms with van der Waals surface area (Å²) in [4.78, 5) is 0. The molecule has 10 heavy (non-hydrogen) atoms. The van der Waals surface area contributed by atoms with Crippen molar-refractivity contribution in [3.8, 4) is 0 Å². The summed E-state index contributed by atoms with van der Waals surface area (Å²) in [5.41, 5.74) is 2.61. The van der Waals surface area contributed by atoms with E-state index >= 15 is 0 Å². The normalized spacial score (nSPS) is 14.4. The Labute approximate surface area is 63.2 Å². The van der Waals surface area contributed by atoms with E-state index in [0.717, 1.165) is 0 Å². The third-order valence-electron chi connectivity index (χ3n) is 1.86. The summed E-state index contributed by atoms with van der Waals surface area (Å²) in [5, 5.41) is 10.5. The van der Waals surface area contributed by atoms with Crippen molar-refractivity contribution in [1.29, 1.82) is 0 Å². The van der Waals surface area contributed by atoms with Crippen LogP contribution in [0.15, 0.2) is 5.80 Å². The van der Waals surface area contributed by atoms with Crippen molar-refractivity contribution in [3.05, 3.63) is 22.2 Å². The standard InChI is InChI=1S/C8H13OP/c1-5-4-10-8(6(5)2)7(3)9/h4,7,9-10H,1-3H3/t7-/m1/s1. The highest BCUT2D eigenvalue weighted by atomic mass is 31.0. The lowest BCUT2D eigenvalue weighted by Gasteiger charge is -2.02. The van der Waals surface area contributed by atoms with E-state index in [-0.39, 0.29) is 6.10 Å². The van der Waals surface area contributed by atoms with Gasteiger partial charge in [-0.25, -0.2) is 0 Å². The summed E-state index contributed by atoms with van der Waals surface area (Å²) >= 11 is 0. The van der Waals surface area contributed by atoms with Gasteiger partial charge in [-0.1, -0.05) is 0 Å². The van der Waals surface area contributed by atoms with E-state index in [0.29, 0.717) is 8.19 Å². The Morgan fingerprint density at radius 3 is 2.30 bits per heavy atom. The van der Waals surface area contributed by atoms with Crippen LogP contribution in [0.5, 0.6) is 0 Å². The molecule has 0 aliphatic heterocycles. The van der Waals surface area contributed by atoms with Gasteiger partial charge in [0.15, 0.2) is 0 Å². The van der Waals surface area contributed by atoms with Gasteiger partial charge in [0.25, 0.3) is 0 Å². The van der Waals surface area contributed by atoms with Gasteiger partial charge in [-0.2, -0.15) is 0 Å². The first-order chi connectivity index (χ1) is 4.63. The lowest BCUT2D eigenvalue weighted by molar-refractivity contribution is 0.202. The van der Waals surface area contributed by atoms with Gasteiger partial charge in [-0.3, -0.25) is 0 Å². The minimum absolute atomic E-state index is 0.257. The zero-order chi connectivity index (χ0) is 7.72. The third-order valence-corrected chi connectivity index (χ3v) is 3.54. The molecule has 1 rings (SSSR count). The van der Waals surface area contributed by atoms with Gasteiger partial charge >= 0.3 is 0 Å². The van der Waals surface area contributed by atoms with Crippen molar-refractivity contribution in [1.82, 2.24) is 0 Å². The van der Waals surface area contributed by atoms with Crippen LogP contribution in [0.1, 0.15) is 29.4 Å². The second kappa shape index (κ2) is 2.77. The van der Waals surface area contributed by atoms with E-state index < -0.39 is 0 Å². The molecule has 2 atom stereocenters. The second-order valence-electron chi connectivity index (χ2n) is 2.69. The van der Waals surface area contributed by atoms with Crippen LogP contribution in [0.2, 0.25) is 0 Å². The summed E-state index contributed by atoms with van der Waals surface area (Å²) in [7, 11) is 0.708. The first-order valence-electron chi connectivity index (χ1n) is 3.45. The fourth-order valence-electron chi connectivity index (χ4n) is 1.05. The molecule has 1 aromatic rings. The van der Waals surface area contributed by atoms with Crippen molar-refractivity contribution < 1.29 is 5.11 Å². The van der Waals surface area contributed by atoms with E-state index in [1.807, 2.05) is 6.92 Å². The van der Waals surface area contributed by atoms with E-state index in [4.69, 9.17) is 0 Å². The Morgan fingerprint density at radius 1 is 1.50 bits per heavy atom. The van der Waals surface area contributed by atoms with Crippen molar-refractivity contribution in [2.24, 2.45) is 0 Å². The maximum Gasteiger partial charge on any atom is 0.0798 e. The fourth-order valence-corrected chi connectivity index (χ4v) is 2.29. The van der Waals surface area contributed by atoms with Crippen molar-refractivity contribution in [2.45, 2.75) is 26.9 Å². The molecule has 0 aromatic carbocycles. The largest absolute Gasteiger partial charge is 0.388 e. The van der Waals surface area contributed by atoms with E-state index in [1.54, 1.807) is 0 Å². The van der Waals surface area contributed by atoms with Gasteiger partial charge in [0.1, 0.15) is 0 Å². The Kier molecular flexibility index (Phi) is 2.18. The molecular formula is C8H13OP. The molecule has 0 spiro atoms. The highest BCUT2D eigenvalue weighted by molar-refractivity contribution is 7.30. The topological polar surface area (TPSA) is 20.2 Å². The summed E-state index contributed by atoms with van der Waals surface area (Å²) in [6, 6.07) is 0. The Morgan fingerprint density at radius 2 is 2.10 bits per heavy atom. The van der Waals surface area contributed by atoms with Gasteiger partial charge in [-0.05, 0) is 43.0 Å². The predicted octanol–water partition coefficient (Wildman–Crippen LogP) is 2.39. The molecule has 0 radical (unpaired) electrons. The highest BCUT2D eigenvalue weighted by Gasteiger charge is 2.06. The smallest absolute Gasteiger partial charge is 0.0798 e. The van der Waals surface area contributed by atoms with Crippen LogP contribution in [-0.4, -0.2) is 5.11 Å². The number of hydrogen-bond donors (Lipinski definition) is 1. The predicted molar refractivity (Wildman–Crippen MR) is 46.1 cm³/mol. The monoisotopic (exact) mass is 156 g/mol. The maximum atomic E-state index is 9.26. The number of aliphatic hydroxyl groups is 1. The van der Waals surface area contributed by atoms with E-state index in [1.165, 1.54) is 16.4 Å². The van der Waals surface area contributed by atoms with E-state index in [9.17, 15) is 5.11 Å². The average Bonchev–Trinajstić information content (AvgIpc) is 2.14. The van der Waals surface area contributed by atoms with Crippen LogP contribution in [0.3, 0.4) is 0 Å². The van der Waals surface area contributed by atoms with Crippen LogP contribution in [0, 0.1) is 13.8 Å². The molecule has 1 heterocycles. The minimum Gasteiger partial charge on any atom is -0.388 e. The molecule has 0 saturated heterocycles. The molecule has 0 aliphatic carbocycles. The molecule has 1 nitrogen and oxygen atoms in total. The minimum atomic E-state index is -0.257. The van der Waals surface area contributed by atoms with Gasteiger partial charge in [-0.15, -0.1) is 8.19 Å². The Hall–Kier alpha value is -0.260. The summed E-state index contributed by atoms with van der Waals surface area (Å²) in [5.74, 6) is 2.19. The summed E-state index contributed by atoms with van der Waals surface area (Å²) in [6.07, 6.45) is -0.257. The molecule has 1 N–H and O–H groups in total. The quantitative estimate of drug-likeness (QED) is 0.661. The lowest BCUT2D eigenvalue weighted by Crippen LogP contribution is -1.88. The number of aliphatic hydroxyl groups excluding tert-OH is 1. The maximum absolute atomic E-state index is 9.26. The van der Waals surface area contributed by atoms with Gasteiger partial charge in [0, 0.05) is 0 Å². The first-order valence-corrected chi connectivity index (χ1v) is 4.53. The van der Waals surface area contributed by atoms with Gasteiger partial charge in [0.2, 0.25) is 0 Å². The van der Waals surface area contributed by atoms with Crippen molar-refractivity contribution >= 4 is 8.19 Å². The number of aryl methyl sites for hydroxylation is 1. The van der Waals surface area contributed by atoms with Crippen LogP contribution >= 0.6 is 8.19 Å². The summed E-state index contributed by atoms with van der Waals surface area (Å²) in [6.45, 7) is 6.00. The molecule has 1 unspecified atom stereocenters. The molecule has 0 amide bonds. The zero-order valence-corrected chi connectivity index (χ0v) is 7.60. The zero-order valence-electron chi connectivity index (χ0n) is 6.60. The highest BCUT2D eigenvalue weighted by Crippen LogP contribution is 2.30. The average molecular weight is 156 g/mol. The SMILES string of the molecule is Cc1c[pH]c([C@@H](C)O)c1C. The van der Waals surface area contributed by atoms with Crippen LogP contribution < -0.4 is 0 Å². The molecule has 56 valence electrons. The van der Waals surface area contributed by atoms with Gasteiger partial charge < -0.3 is 5.11 Å². The van der Waals surface area contributed by atoms with E-state index in [2.05, 4.69) is 19.6 Å². The van der Waals surface area contributed by atoms with Crippen LogP contribution in [0.25, 0.3) is 0 Å². The molecule has 2 heteroatoms. The molecular weight excluding hydrogens is 143 g/mol. The lowest BCUT2D eigenvalue weighted by atomic mass is 10.1. The molecule has 0 fully saturated rings. The first kappa shape index (κ1) is 7.84. The second-order valence-corrected chi connectivity index (χ2v) is 3.80. The summed E-state index contributed by atoms with van der Waals surface area (Å²) < 4.78 is 0. The Balaban J connectivity index is 3.05. The van der Waals surface area contributed by atoms with Crippen molar-refractivity contribution in [3.63, 3.8) is 0 Å². The molecule has 1 aromatic heterocycles. The van der Waals surface area contributed by atoms with Crippen molar-refractivity contribution in [2.75, 3.05) is 0 Å². The number of rotatable bonds is 1. The molecule has 0 aliphatic rings. The van der Waals surface area contributed by atoms with Crippen LogP contribution in [-0.2, 0) is 0 Å². The third kappa shape index (κ3) is 1.25. The van der Waals surface area contributed by atoms with Gasteiger partial charge in [0.05, 0.1) is 6.10 Å². The fraction of sp³-hybridized carbons (Fsp3) is 0.500. The Bertz CT molecular complexity index is 225. The molecule has 0 bridgehead atoms. The number of hydrogen-bond acceptors (Lipinski definition) is 1.